The highest BCUT2D eigenvalue weighted by atomic mass is 79.9. The third-order valence-electron chi connectivity index (χ3n) is 2.50. The standard InChI is InChI=1S/C13H11BrFNOS/c1-7-5-9(3-4-10(7)15)16-13(17)11-6-8(2)12(14)18-11/h3-6H,1-2H3,(H,16,17). The van der Waals surface area contributed by atoms with Gasteiger partial charge in [-0.25, -0.2) is 4.39 Å². The average Bonchev–Trinajstić information content (AvgIpc) is 2.65. The molecular weight excluding hydrogens is 317 g/mol. The molecule has 1 aromatic heterocycles. The zero-order chi connectivity index (χ0) is 13.3. The lowest BCUT2D eigenvalue weighted by Crippen LogP contribution is -2.10. The Balaban J connectivity index is 2.18. The second-order valence-electron chi connectivity index (χ2n) is 3.99. The van der Waals surface area contributed by atoms with Crippen molar-refractivity contribution in [3.63, 3.8) is 0 Å². The quantitative estimate of drug-likeness (QED) is 0.863. The van der Waals surface area contributed by atoms with Gasteiger partial charge in [-0.2, -0.15) is 0 Å². The first-order valence-corrected chi connectivity index (χ1v) is 6.92. The fourth-order valence-corrected chi connectivity index (χ4v) is 2.92. The Labute approximate surface area is 117 Å². The molecule has 1 aromatic carbocycles. The fraction of sp³-hybridized carbons (Fsp3) is 0.154. The van der Waals surface area contributed by atoms with E-state index < -0.39 is 0 Å². The molecule has 1 amide bonds. The van der Waals surface area contributed by atoms with Gasteiger partial charge in [0.1, 0.15) is 5.82 Å². The summed E-state index contributed by atoms with van der Waals surface area (Å²) >= 11 is 4.76. The number of hydrogen-bond donors (Lipinski definition) is 1. The van der Waals surface area contributed by atoms with E-state index in [1.54, 1.807) is 19.1 Å². The van der Waals surface area contributed by atoms with Crippen molar-refractivity contribution in [2.75, 3.05) is 5.32 Å². The third-order valence-corrected chi connectivity index (χ3v) is 4.63. The van der Waals surface area contributed by atoms with E-state index in [-0.39, 0.29) is 11.7 Å². The molecule has 0 radical (unpaired) electrons. The molecule has 2 nitrogen and oxygen atoms in total. The lowest BCUT2D eigenvalue weighted by molar-refractivity contribution is 0.103. The molecule has 0 saturated heterocycles. The van der Waals surface area contributed by atoms with Gasteiger partial charge in [0.2, 0.25) is 0 Å². The number of amides is 1. The van der Waals surface area contributed by atoms with Gasteiger partial charge in [0.05, 0.1) is 8.66 Å². The molecule has 0 aliphatic carbocycles. The zero-order valence-corrected chi connectivity index (χ0v) is 12.3. The van der Waals surface area contributed by atoms with Crippen LogP contribution in [0.2, 0.25) is 0 Å². The highest BCUT2D eigenvalue weighted by Crippen LogP contribution is 2.28. The summed E-state index contributed by atoms with van der Waals surface area (Å²) in [5.74, 6) is -0.456. The number of hydrogen-bond acceptors (Lipinski definition) is 2. The molecule has 5 heteroatoms. The van der Waals surface area contributed by atoms with E-state index in [9.17, 15) is 9.18 Å². The molecule has 0 unspecified atom stereocenters. The van der Waals surface area contributed by atoms with Crippen LogP contribution < -0.4 is 5.32 Å². The van der Waals surface area contributed by atoms with Crippen LogP contribution in [0.3, 0.4) is 0 Å². The Hall–Kier alpha value is -1.20. The lowest BCUT2D eigenvalue weighted by Gasteiger charge is -2.05. The molecule has 2 rings (SSSR count). The van der Waals surface area contributed by atoms with Gasteiger partial charge in [0.15, 0.2) is 0 Å². The Bertz CT molecular complexity index is 590. The summed E-state index contributed by atoms with van der Waals surface area (Å²) in [5.41, 5.74) is 2.14. The molecule has 1 N–H and O–H groups in total. The number of nitrogens with one attached hydrogen (secondary N) is 1. The first-order valence-electron chi connectivity index (χ1n) is 5.31. The zero-order valence-electron chi connectivity index (χ0n) is 9.88. The minimum absolute atomic E-state index is 0.181. The monoisotopic (exact) mass is 327 g/mol. The van der Waals surface area contributed by atoms with Crippen LogP contribution in [0.1, 0.15) is 20.8 Å². The van der Waals surface area contributed by atoms with Crippen molar-refractivity contribution >= 4 is 38.9 Å². The fourth-order valence-electron chi connectivity index (χ4n) is 1.49. The molecule has 1 heterocycles. The molecule has 18 heavy (non-hydrogen) atoms. The predicted octanol–water partition coefficient (Wildman–Crippen LogP) is 4.52. The van der Waals surface area contributed by atoms with E-state index in [4.69, 9.17) is 0 Å². The minimum atomic E-state index is -0.275. The van der Waals surface area contributed by atoms with Crippen LogP contribution in [0, 0.1) is 19.7 Å². The van der Waals surface area contributed by atoms with Crippen LogP contribution in [-0.4, -0.2) is 5.91 Å². The second-order valence-corrected chi connectivity index (χ2v) is 6.36. The molecule has 0 aliphatic heterocycles. The van der Waals surface area contributed by atoms with Crippen molar-refractivity contribution in [3.05, 3.63) is 49.9 Å². The SMILES string of the molecule is Cc1cc(NC(=O)c2cc(C)c(Br)s2)ccc1F. The Kier molecular flexibility index (Phi) is 3.82. The number of carbonyl (C=O) groups excluding carboxylic acids is 1. The van der Waals surface area contributed by atoms with E-state index in [1.165, 1.54) is 17.4 Å². The average molecular weight is 328 g/mol. The van der Waals surface area contributed by atoms with E-state index in [2.05, 4.69) is 21.2 Å². The van der Waals surface area contributed by atoms with Gasteiger partial charge in [0, 0.05) is 5.69 Å². The molecule has 0 atom stereocenters. The van der Waals surface area contributed by atoms with Crippen LogP contribution in [0.5, 0.6) is 0 Å². The number of rotatable bonds is 2. The molecule has 0 spiro atoms. The van der Waals surface area contributed by atoms with Gasteiger partial charge < -0.3 is 5.32 Å². The topological polar surface area (TPSA) is 29.1 Å². The molecule has 0 saturated carbocycles. The molecule has 0 bridgehead atoms. The van der Waals surface area contributed by atoms with Gasteiger partial charge in [0.25, 0.3) is 5.91 Å². The van der Waals surface area contributed by atoms with E-state index in [1.807, 2.05) is 13.0 Å². The van der Waals surface area contributed by atoms with Gasteiger partial charge in [-0.1, -0.05) is 0 Å². The van der Waals surface area contributed by atoms with Crippen LogP contribution in [0.25, 0.3) is 0 Å². The number of carbonyl (C=O) groups is 1. The van der Waals surface area contributed by atoms with E-state index >= 15 is 0 Å². The Morgan fingerprint density at radius 3 is 2.56 bits per heavy atom. The predicted molar refractivity (Wildman–Crippen MR) is 75.8 cm³/mol. The molecular formula is C13H11BrFNOS. The molecule has 2 aromatic rings. The van der Waals surface area contributed by atoms with Crippen LogP contribution >= 0.6 is 27.3 Å². The maximum absolute atomic E-state index is 13.1. The maximum Gasteiger partial charge on any atom is 0.265 e. The van der Waals surface area contributed by atoms with Crippen LogP contribution in [0.15, 0.2) is 28.1 Å². The molecule has 0 aliphatic rings. The largest absolute Gasteiger partial charge is 0.321 e. The smallest absolute Gasteiger partial charge is 0.265 e. The van der Waals surface area contributed by atoms with Crippen LogP contribution in [-0.2, 0) is 0 Å². The van der Waals surface area contributed by atoms with Crippen molar-refractivity contribution < 1.29 is 9.18 Å². The number of aryl methyl sites for hydroxylation is 2. The summed E-state index contributed by atoms with van der Waals surface area (Å²) in [7, 11) is 0. The first kappa shape index (κ1) is 13.2. The normalized spacial score (nSPS) is 10.4. The summed E-state index contributed by atoms with van der Waals surface area (Å²) < 4.78 is 14.0. The number of benzene rings is 1. The summed E-state index contributed by atoms with van der Waals surface area (Å²) in [5, 5.41) is 2.75. The van der Waals surface area contributed by atoms with E-state index in [0.717, 1.165) is 9.35 Å². The summed E-state index contributed by atoms with van der Waals surface area (Å²) in [6, 6.07) is 6.33. The Morgan fingerprint density at radius 2 is 2.00 bits per heavy atom. The summed E-state index contributed by atoms with van der Waals surface area (Å²) in [4.78, 5) is 12.6. The highest BCUT2D eigenvalue weighted by Gasteiger charge is 2.11. The molecule has 94 valence electrons. The van der Waals surface area contributed by atoms with E-state index in [0.29, 0.717) is 16.1 Å². The highest BCUT2D eigenvalue weighted by molar-refractivity contribution is 9.11. The van der Waals surface area contributed by atoms with Crippen molar-refractivity contribution in [2.45, 2.75) is 13.8 Å². The van der Waals surface area contributed by atoms with Crippen LogP contribution in [0.4, 0.5) is 10.1 Å². The van der Waals surface area contributed by atoms with Gasteiger partial charge in [-0.05, 0) is 65.2 Å². The number of anilines is 1. The van der Waals surface area contributed by atoms with Gasteiger partial charge in [-0.15, -0.1) is 11.3 Å². The lowest BCUT2D eigenvalue weighted by atomic mass is 10.2. The molecule has 0 fully saturated rings. The number of thiophene rings is 1. The van der Waals surface area contributed by atoms with Crippen molar-refractivity contribution in [1.82, 2.24) is 0 Å². The first-order chi connectivity index (χ1) is 8.47. The van der Waals surface area contributed by atoms with Crippen molar-refractivity contribution in [3.8, 4) is 0 Å². The third kappa shape index (κ3) is 2.79. The summed E-state index contributed by atoms with van der Waals surface area (Å²) in [6.07, 6.45) is 0. The maximum atomic E-state index is 13.1. The van der Waals surface area contributed by atoms with Crippen molar-refractivity contribution in [1.29, 1.82) is 0 Å². The van der Waals surface area contributed by atoms with Gasteiger partial charge in [-0.3, -0.25) is 4.79 Å². The summed E-state index contributed by atoms with van der Waals surface area (Å²) in [6.45, 7) is 3.59. The van der Waals surface area contributed by atoms with Gasteiger partial charge >= 0.3 is 0 Å². The Morgan fingerprint density at radius 1 is 1.28 bits per heavy atom. The minimum Gasteiger partial charge on any atom is -0.321 e. The number of halogens is 2. The second kappa shape index (κ2) is 5.20. The van der Waals surface area contributed by atoms with Crippen molar-refractivity contribution in [2.24, 2.45) is 0 Å².